The lowest BCUT2D eigenvalue weighted by Gasteiger charge is -2.46. The quantitative estimate of drug-likeness (QED) is 0.265. The highest BCUT2D eigenvalue weighted by atomic mass is 16.6. The summed E-state index contributed by atoms with van der Waals surface area (Å²) in [6, 6.07) is -4.59. The van der Waals surface area contributed by atoms with Gasteiger partial charge in [-0.15, -0.1) is 0 Å². The number of carbonyl (C=O) groups is 5. The van der Waals surface area contributed by atoms with Gasteiger partial charge in [0.25, 0.3) is 0 Å². The minimum absolute atomic E-state index is 0.0563. The first-order chi connectivity index (χ1) is 13.0. The number of carbonyl (C=O) groups excluding carboxylic acids is 5. The number of nitrogens with zero attached hydrogens (tertiary/aromatic N) is 1. The highest BCUT2D eigenvalue weighted by molar-refractivity contribution is 6.09. The lowest BCUT2D eigenvalue weighted by atomic mass is 9.92. The van der Waals surface area contributed by atoms with Crippen LogP contribution in [0.15, 0.2) is 0 Å². The van der Waals surface area contributed by atoms with E-state index in [-0.39, 0.29) is 13.2 Å². The monoisotopic (exact) mass is 402 g/mol. The number of nitrogens with one attached hydrogen (secondary N) is 1. The fraction of sp³-hybridized carbons (Fsp3) is 0.706. The summed E-state index contributed by atoms with van der Waals surface area (Å²) in [4.78, 5) is 61.9. The Balaban J connectivity index is 3.13. The number of likely N-dealkylation sites (tertiary alicyclic amines) is 1. The van der Waals surface area contributed by atoms with Gasteiger partial charge < -0.3 is 29.2 Å². The van der Waals surface area contributed by atoms with Crippen LogP contribution in [-0.2, 0) is 38.1 Å². The Hall–Kier alpha value is -2.85. The zero-order valence-electron chi connectivity index (χ0n) is 16.8. The molecule has 28 heavy (non-hydrogen) atoms. The van der Waals surface area contributed by atoms with E-state index in [1.165, 1.54) is 13.8 Å². The second-order valence-electron chi connectivity index (χ2n) is 6.74. The van der Waals surface area contributed by atoms with E-state index in [4.69, 9.17) is 14.2 Å². The Morgan fingerprint density at radius 1 is 1.07 bits per heavy atom. The predicted molar refractivity (Wildman–Crippen MR) is 92.9 cm³/mol. The van der Waals surface area contributed by atoms with Gasteiger partial charge in [0.05, 0.1) is 20.3 Å². The van der Waals surface area contributed by atoms with Crippen molar-refractivity contribution in [1.29, 1.82) is 0 Å². The summed E-state index contributed by atoms with van der Waals surface area (Å²) in [5.41, 5.74) is -0.838. The summed E-state index contributed by atoms with van der Waals surface area (Å²) in [6.45, 7) is 7.79. The van der Waals surface area contributed by atoms with Crippen LogP contribution in [0, 0.1) is 0 Å². The van der Waals surface area contributed by atoms with E-state index in [0.29, 0.717) is 4.90 Å². The van der Waals surface area contributed by atoms with Crippen molar-refractivity contribution < 1.29 is 42.9 Å². The topological polar surface area (TPSA) is 138 Å². The van der Waals surface area contributed by atoms with Crippen molar-refractivity contribution in [3.05, 3.63) is 0 Å². The Kier molecular flexibility index (Phi) is 7.77. The van der Waals surface area contributed by atoms with Crippen molar-refractivity contribution in [2.75, 3.05) is 20.3 Å². The van der Waals surface area contributed by atoms with E-state index in [1.807, 2.05) is 0 Å². The van der Waals surface area contributed by atoms with Crippen molar-refractivity contribution in [2.45, 2.75) is 58.3 Å². The Morgan fingerprint density at radius 3 is 1.96 bits per heavy atom. The summed E-state index contributed by atoms with van der Waals surface area (Å²) in [5, 5.41) is 2.26. The fourth-order valence-corrected chi connectivity index (χ4v) is 2.51. The molecule has 0 aromatic rings. The molecular formula is C17H26N2O9. The lowest BCUT2D eigenvalue weighted by molar-refractivity contribution is -0.184. The minimum Gasteiger partial charge on any atom is -0.467 e. The van der Waals surface area contributed by atoms with E-state index in [1.54, 1.807) is 20.8 Å². The van der Waals surface area contributed by atoms with E-state index < -0.39 is 53.6 Å². The van der Waals surface area contributed by atoms with Crippen LogP contribution in [0.2, 0.25) is 0 Å². The van der Waals surface area contributed by atoms with E-state index in [0.717, 1.165) is 7.11 Å². The molecule has 1 aliphatic heterocycles. The first-order valence-corrected chi connectivity index (χ1v) is 8.71. The minimum atomic E-state index is -1.80. The summed E-state index contributed by atoms with van der Waals surface area (Å²) in [7, 11) is 1.07. The largest absolute Gasteiger partial charge is 0.467 e. The van der Waals surface area contributed by atoms with Gasteiger partial charge in [-0.05, 0) is 34.6 Å². The van der Waals surface area contributed by atoms with Gasteiger partial charge >= 0.3 is 24.0 Å². The maximum atomic E-state index is 12.6. The number of ether oxygens (including phenoxy) is 4. The van der Waals surface area contributed by atoms with Crippen LogP contribution < -0.4 is 5.32 Å². The maximum Gasteiger partial charge on any atom is 0.408 e. The number of alkyl carbamates (subject to hydrolysis) is 1. The van der Waals surface area contributed by atoms with Crippen LogP contribution in [-0.4, -0.2) is 78.9 Å². The number of methoxy groups -OCH3 is 1. The zero-order valence-corrected chi connectivity index (χ0v) is 16.8. The number of rotatable bonds is 7. The molecule has 0 radical (unpaired) electrons. The van der Waals surface area contributed by atoms with Crippen molar-refractivity contribution in [1.82, 2.24) is 10.2 Å². The third kappa shape index (κ3) is 5.33. The summed E-state index contributed by atoms with van der Waals surface area (Å²) >= 11 is 0. The number of esters is 3. The third-order valence-electron chi connectivity index (χ3n) is 3.55. The molecule has 11 nitrogen and oxygen atoms in total. The van der Waals surface area contributed by atoms with Crippen molar-refractivity contribution in [3.63, 3.8) is 0 Å². The molecule has 1 heterocycles. The Morgan fingerprint density at radius 2 is 1.57 bits per heavy atom. The third-order valence-corrected chi connectivity index (χ3v) is 3.55. The molecule has 1 rings (SSSR count). The van der Waals surface area contributed by atoms with Gasteiger partial charge in [0, 0.05) is 0 Å². The molecule has 2 amide bonds. The molecule has 11 heteroatoms. The molecule has 0 aliphatic carbocycles. The SMILES string of the molecule is CCOC(=O)C(C(=O)OCC)N1C(=O)C(NC(=O)OC(C)(C)C)C1C(=O)OC. The highest BCUT2D eigenvalue weighted by Gasteiger charge is 2.60. The first-order valence-electron chi connectivity index (χ1n) is 8.71. The lowest BCUT2D eigenvalue weighted by Crippen LogP contribution is -2.77. The van der Waals surface area contributed by atoms with E-state index >= 15 is 0 Å². The number of β-lactam (4-membered cyclic amide) rings is 1. The van der Waals surface area contributed by atoms with E-state index in [9.17, 15) is 24.0 Å². The number of hydrogen-bond donors (Lipinski definition) is 1. The average molecular weight is 402 g/mol. The molecule has 0 bridgehead atoms. The number of amides is 2. The summed E-state index contributed by atoms with van der Waals surface area (Å²) in [5.74, 6) is -3.90. The van der Waals surface area contributed by atoms with Crippen molar-refractivity contribution in [3.8, 4) is 0 Å². The van der Waals surface area contributed by atoms with Crippen molar-refractivity contribution in [2.24, 2.45) is 0 Å². The second kappa shape index (κ2) is 9.38. The number of hydrogen-bond acceptors (Lipinski definition) is 9. The second-order valence-corrected chi connectivity index (χ2v) is 6.74. The van der Waals surface area contributed by atoms with Crippen molar-refractivity contribution >= 4 is 29.9 Å². The predicted octanol–water partition coefficient (Wildman–Crippen LogP) is -0.242. The summed E-state index contributed by atoms with van der Waals surface area (Å²) < 4.78 is 19.4. The van der Waals surface area contributed by atoms with Gasteiger partial charge in [0.15, 0.2) is 6.04 Å². The van der Waals surface area contributed by atoms with Gasteiger partial charge in [-0.2, -0.15) is 0 Å². The van der Waals surface area contributed by atoms with Gasteiger partial charge in [-0.1, -0.05) is 0 Å². The normalized spacial score (nSPS) is 18.8. The molecule has 1 N–H and O–H groups in total. The standard InChI is InChI=1S/C17H26N2O9/c1-7-26-14(22)11(15(23)27-8-2)19-10(13(21)25-6)9(12(19)20)18-16(24)28-17(3,4)5/h9-11H,7-8H2,1-6H3,(H,18,24). The molecule has 1 aliphatic rings. The van der Waals surface area contributed by atoms with Gasteiger partial charge in [-0.25, -0.2) is 19.2 Å². The fourth-order valence-electron chi connectivity index (χ4n) is 2.51. The van der Waals surface area contributed by atoms with Crippen LogP contribution in [0.3, 0.4) is 0 Å². The molecule has 0 spiro atoms. The molecule has 158 valence electrons. The van der Waals surface area contributed by atoms with Crippen LogP contribution in [0.4, 0.5) is 4.79 Å². The molecule has 0 aromatic carbocycles. The van der Waals surface area contributed by atoms with Gasteiger partial charge in [0.1, 0.15) is 11.6 Å². The van der Waals surface area contributed by atoms with Crippen LogP contribution in [0.25, 0.3) is 0 Å². The van der Waals surface area contributed by atoms with E-state index in [2.05, 4.69) is 10.1 Å². The molecule has 0 saturated carbocycles. The molecule has 1 fully saturated rings. The maximum absolute atomic E-state index is 12.6. The molecule has 2 atom stereocenters. The van der Waals surface area contributed by atoms with Crippen LogP contribution in [0.1, 0.15) is 34.6 Å². The Bertz CT molecular complexity index is 623. The summed E-state index contributed by atoms with van der Waals surface area (Å²) in [6.07, 6.45) is -0.941. The molecule has 0 aromatic heterocycles. The first kappa shape index (κ1) is 23.2. The Labute approximate surface area is 162 Å². The molecule has 1 saturated heterocycles. The molecular weight excluding hydrogens is 376 g/mol. The van der Waals surface area contributed by atoms with Gasteiger partial charge in [-0.3, -0.25) is 4.79 Å². The zero-order chi connectivity index (χ0) is 21.6. The molecule has 2 unspecified atom stereocenters. The average Bonchev–Trinajstić information content (AvgIpc) is 2.58. The van der Waals surface area contributed by atoms with Crippen LogP contribution >= 0.6 is 0 Å². The van der Waals surface area contributed by atoms with Crippen LogP contribution in [0.5, 0.6) is 0 Å². The highest BCUT2D eigenvalue weighted by Crippen LogP contribution is 2.26. The smallest absolute Gasteiger partial charge is 0.408 e. The van der Waals surface area contributed by atoms with Gasteiger partial charge in [0.2, 0.25) is 11.9 Å².